The molecule has 5 heteroatoms. The van der Waals surface area contributed by atoms with Crippen molar-refractivity contribution in [2.75, 3.05) is 0 Å². The highest BCUT2D eigenvalue weighted by molar-refractivity contribution is 4.93. The molecule has 0 aromatic heterocycles. The van der Waals surface area contributed by atoms with Gasteiger partial charge in [-0.1, -0.05) is 19.8 Å². The first-order valence-corrected chi connectivity index (χ1v) is 4.10. The topological polar surface area (TPSA) is 0 Å². The molecule has 0 nitrogen and oxygen atoms in total. The summed E-state index contributed by atoms with van der Waals surface area (Å²) in [5, 5.41) is 0. The van der Waals surface area contributed by atoms with Gasteiger partial charge in [-0.2, -0.15) is 0 Å². The summed E-state index contributed by atoms with van der Waals surface area (Å²) >= 11 is 0. The van der Waals surface area contributed by atoms with Crippen LogP contribution in [0.25, 0.3) is 0 Å². The van der Waals surface area contributed by atoms with E-state index in [0.29, 0.717) is 6.42 Å². The molecule has 0 fully saturated rings. The van der Waals surface area contributed by atoms with Gasteiger partial charge in [0.2, 0.25) is 5.67 Å². The average Bonchev–Trinajstić information content (AvgIpc) is 1.97. The van der Waals surface area contributed by atoms with Crippen LogP contribution < -0.4 is 0 Å². The Labute approximate surface area is 74.1 Å². The number of halogens is 5. The lowest BCUT2D eigenvalue weighted by Gasteiger charge is -2.30. The lowest BCUT2D eigenvalue weighted by Crippen LogP contribution is -2.48. The van der Waals surface area contributed by atoms with Crippen LogP contribution in [0.15, 0.2) is 0 Å². The van der Waals surface area contributed by atoms with Crippen molar-refractivity contribution in [1.29, 1.82) is 0 Å². The Morgan fingerprint density at radius 1 is 1.15 bits per heavy atom. The molecule has 0 N–H and O–H groups in total. The lowest BCUT2D eigenvalue weighted by molar-refractivity contribution is -0.190. The van der Waals surface area contributed by atoms with Gasteiger partial charge in [-0.15, -0.1) is 0 Å². The molecule has 80 valence electrons. The normalized spacial score (nSPS) is 17.5. The van der Waals surface area contributed by atoms with Crippen LogP contribution in [0.3, 0.4) is 0 Å². The summed E-state index contributed by atoms with van der Waals surface area (Å²) in [6, 6.07) is 0. The highest BCUT2D eigenvalue weighted by Crippen LogP contribution is 2.41. The van der Waals surface area contributed by atoms with Crippen LogP contribution in [-0.4, -0.2) is 18.0 Å². The number of unbranched alkanes of at least 4 members (excludes halogenated alkanes) is 1. The van der Waals surface area contributed by atoms with E-state index in [1.54, 1.807) is 6.92 Å². The Morgan fingerprint density at radius 3 is 1.85 bits per heavy atom. The summed E-state index contributed by atoms with van der Waals surface area (Å²) < 4.78 is 62.2. The van der Waals surface area contributed by atoms with Crippen LogP contribution in [0.2, 0.25) is 0 Å². The third-order valence-corrected chi connectivity index (χ3v) is 1.97. The molecule has 0 aliphatic rings. The van der Waals surface area contributed by atoms with Gasteiger partial charge >= 0.3 is 0 Å². The van der Waals surface area contributed by atoms with Gasteiger partial charge < -0.3 is 0 Å². The van der Waals surface area contributed by atoms with Crippen molar-refractivity contribution < 1.29 is 22.0 Å². The molecule has 0 heterocycles. The summed E-state index contributed by atoms with van der Waals surface area (Å²) in [4.78, 5) is 0. The fourth-order valence-corrected chi connectivity index (χ4v) is 0.954. The van der Waals surface area contributed by atoms with E-state index in [0.717, 1.165) is 0 Å². The summed E-state index contributed by atoms with van der Waals surface area (Å²) in [5.41, 5.74) is -3.68. The molecule has 0 aromatic rings. The lowest BCUT2D eigenvalue weighted by atomic mass is 9.93. The summed E-state index contributed by atoms with van der Waals surface area (Å²) in [5.74, 6) is -3.99. The first-order valence-electron chi connectivity index (χ1n) is 4.10. The number of hydrogen-bond donors (Lipinski definition) is 0. The highest BCUT2D eigenvalue weighted by Gasteiger charge is 2.57. The van der Waals surface area contributed by atoms with E-state index in [9.17, 15) is 22.0 Å². The van der Waals surface area contributed by atoms with Gasteiger partial charge in [-0.05, 0) is 6.42 Å². The smallest absolute Gasteiger partial charge is 0.231 e. The van der Waals surface area contributed by atoms with Crippen LogP contribution in [-0.2, 0) is 0 Å². The maximum Gasteiger partial charge on any atom is 0.284 e. The molecule has 0 rings (SSSR count). The fraction of sp³-hybridized carbons (Fsp3) is 1.00. The molecule has 0 amide bonds. The third kappa shape index (κ3) is 2.81. The van der Waals surface area contributed by atoms with Crippen molar-refractivity contribution in [3.63, 3.8) is 0 Å². The molecule has 1 atom stereocenters. The van der Waals surface area contributed by atoms with Crippen molar-refractivity contribution in [1.82, 2.24) is 0 Å². The van der Waals surface area contributed by atoms with Gasteiger partial charge in [-0.3, -0.25) is 0 Å². The number of alkyl halides is 5. The maximum atomic E-state index is 13.1. The van der Waals surface area contributed by atoms with E-state index in [2.05, 4.69) is 0 Å². The van der Waals surface area contributed by atoms with Crippen molar-refractivity contribution in [3.8, 4) is 0 Å². The molecule has 0 aliphatic carbocycles. The average molecular weight is 204 g/mol. The van der Waals surface area contributed by atoms with Crippen LogP contribution in [0.5, 0.6) is 0 Å². The molecular formula is C8H13F5. The van der Waals surface area contributed by atoms with Gasteiger partial charge in [0.05, 0.1) is 0 Å². The SMILES string of the molecule is CCCCC(F)(C(F)F)C(C)(F)F. The van der Waals surface area contributed by atoms with Crippen molar-refractivity contribution in [3.05, 3.63) is 0 Å². The van der Waals surface area contributed by atoms with E-state index in [1.165, 1.54) is 0 Å². The minimum Gasteiger partial charge on any atom is -0.231 e. The largest absolute Gasteiger partial charge is 0.284 e. The molecule has 1 unspecified atom stereocenters. The zero-order valence-corrected chi connectivity index (χ0v) is 7.59. The van der Waals surface area contributed by atoms with Gasteiger partial charge in [0.25, 0.3) is 12.3 Å². The molecule has 0 aromatic carbocycles. The third-order valence-electron chi connectivity index (χ3n) is 1.97. The molecule has 13 heavy (non-hydrogen) atoms. The zero-order valence-electron chi connectivity index (χ0n) is 7.59. The first-order chi connectivity index (χ1) is 5.75. The second kappa shape index (κ2) is 4.24. The van der Waals surface area contributed by atoms with E-state index >= 15 is 0 Å². The summed E-state index contributed by atoms with van der Waals surface area (Å²) in [6.07, 6.45) is -4.00. The minimum absolute atomic E-state index is 0.0320. The van der Waals surface area contributed by atoms with Crippen LogP contribution in [0.1, 0.15) is 33.1 Å². The van der Waals surface area contributed by atoms with E-state index in [4.69, 9.17) is 0 Å². The predicted molar refractivity (Wildman–Crippen MR) is 40.0 cm³/mol. The van der Waals surface area contributed by atoms with Crippen LogP contribution >= 0.6 is 0 Å². The minimum atomic E-state index is -3.99. The number of rotatable bonds is 5. The van der Waals surface area contributed by atoms with Crippen molar-refractivity contribution in [2.45, 2.75) is 51.1 Å². The monoisotopic (exact) mass is 204 g/mol. The van der Waals surface area contributed by atoms with Crippen LogP contribution in [0.4, 0.5) is 22.0 Å². The maximum absolute atomic E-state index is 13.1. The fourth-order valence-electron chi connectivity index (χ4n) is 0.954. The van der Waals surface area contributed by atoms with Crippen molar-refractivity contribution in [2.24, 2.45) is 0 Å². The molecule has 0 aliphatic heterocycles. The van der Waals surface area contributed by atoms with Gasteiger partial charge in [0.1, 0.15) is 0 Å². The molecule has 0 spiro atoms. The first kappa shape index (κ1) is 12.7. The molecule has 0 bridgehead atoms. The summed E-state index contributed by atoms with van der Waals surface area (Å²) in [7, 11) is 0. The highest BCUT2D eigenvalue weighted by atomic mass is 19.3. The van der Waals surface area contributed by atoms with E-state index < -0.39 is 24.4 Å². The van der Waals surface area contributed by atoms with Gasteiger partial charge in [-0.25, -0.2) is 22.0 Å². The predicted octanol–water partition coefficient (Wildman–Crippen LogP) is 3.81. The zero-order chi connectivity index (χ0) is 10.7. The van der Waals surface area contributed by atoms with E-state index in [1.807, 2.05) is 0 Å². The standard InChI is InChI=1S/C8H13F5/c1-3-4-5-8(13,6(9)10)7(2,11)12/h6H,3-5H2,1-2H3. The van der Waals surface area contributed by atoms with Crippen molar-refractivity contribution >= 4 is 0 Å². The number of hydrogen-bond acceptors (Lipinski definition) is 0. The molecule has 0 saturated carbocycles. The molecular weight excluding hydrogens is 191 g/mol. The Balaban J connectivity index is 4.54. The molecule has 0 radical (unpaired) electrons. The Hall–Kier alpha value is -0.350. The quantitative estimate of drug-likeness (QED) is 0.597. The van der Waals surface area contributed by atoms with E-state index in [-0.39, 0.29) is 13.3 Å². The Bertz CT molecular complexity index is 151. The van der Waals surface area contributed by atoms with Crippen LogP contribution in [0, 0.1) is 0 Å². The Morgan fingerprint density at radius 2 is 1.62 bits per heavy atom. The molecule has 0 saturated heterocycles. The Kier molecular flexibility index (Phi) is 4.13. The van der Waals surface area contributed by atoms with Gasteiger partial charge in [0.15, 0.2) is 0 Å². The summed E-state index contributed by atoms with van der Waals surface area (Å²) in [6.45, 7) is 1.81. The van der Waals surface area contributed by atoms with Gasteiger partial charge in [0, 0.05) is 6.92 Å². The second-order valence-corrected chi connectivity index (χ2v) is 3.16. The second-order valence-electron chi connectivity index (χ2n) is 3.16.